The highest BCUT2D eigenvalue weighted by Gasteiger charge is 2.39. The maximum atomic E-state index is 13.2. The van der Waals surface area contributed by atoms with E-state index < -0.39 is 12.0 Å². The summed E-state index contributed by atoms with van der Waals surface area (Å²) in [5.74, 6) is -1.12. The van der Waals surface area contributed by atoms with Crippen LogP contribution in [-0.4, -0.2) is 40.1 Å². The lowest BCUT2D eigenvalue weighted by molar-refractivity contribution is -0.131. The van der Waals surface area contributed by atoms with Crippen LogP contribution in [0.1, 0.15) is 30.9 Å². The van der Waals surface area contributed by atoms with Crippen LogP contribution in [0.15, 0.2) is 35.9 Å². The van der Waals surface area contributed by atoms with Gasteiger partial charge in [0.2, 0.25) is 0 Å². The van der Waals surface area contributed by atoms with E-state index in [1.807, 2.05) is 4.90 Å². The highest BCUT2D eigenvalue weighted by molar-refractivity contribution is 7.81. The number of thiol groups is 1. The van der Waals surface area contributed by atoms with Gasteiger partial charge in [-0.1, -0.05) is 12.1 Å². The minimum atomic E-state index is -1.00. The van der Waals surface area contributed by atoms with Gasteiger partial charge < -0.3 is 5.11 Å². The molecule has 1 saturated carbocycles. The molecule has 1 saturated heterocycles. The first kappa shape index (κ1) is 17.2. The Bertz CT molecular complexity index is 669. The molecule has 2 fully saturated rings. The molecule has 1 aromatic carbocycles. The second-order valence-electron chi connectivity index (χ2n) is 6.46. The van der Waals surface area contributed by atoms with Crippen molar-refractivity contribution in [2.24, 2.45) is 5.92 Å². The molecule has 0 aromatic heterocycles. The van der Waals surface area contributed by atoms with Crippen LogP contribution in [0.25, 0.3) is 0 Å². The summed E-state index contributed by atoms with van der Waals surface area (Å²) in [6.45, 7) is 1.05. The van der Waals surface area contributed by atoms with Crippen molar-refractivity contribution in [3.05, 3.63) is 47.3 Å². The van der Waals surface area contributed by atoms with E-state index in [2.05, 4.69) is 12.6 Å². The van der Waals surface area contributed by atoms with Crippen molar-refractivity contribution < 1.29 is 19.1 Å². The highest BCUT2D eigenvalue weighted by atomic mass is 32.1. The summed E-state index contributed by atoms with van der Waals surface area (Å²) in [4.78, 5) is 25.8. The summed E-state index contributed by atoms with van der Waals surface area (Å²) >= 11 is 4.45. The number of carbonyl (C=O) groups is 2. The van der Waals surface area contributed by atoms with E-state index in [1.54, 1.807) is 12.1 Å². The minimum absolute atomic E-state index is 0.0701. The largest absolute Gasteiger partial charge is 0.478 e. The molecule has 0 radical (unpaired) electrons. The molecule has 1 N–H and O–H groups in total. The lowest BCUT2D eigenvalue weighted by Gasteiger charge is -2.37. The average Bonchev–Trinajstić information content (AvgIpc) is 3.37. The molecule has 2 aliphatic rings. The molecule has 1 aliphatic heterocycles. The summed E-state index contributed by atoms with van der Waals surface area (Å²) in [6, 6.07) is 5.57. The van der Waals surface area contributed by atoms with E-state index in [4.69, 9.17) is 5.11 Å². The maximum Gasteiger partial charge on any atom is 0.328 e. The molecule has 2 atom stereocenters. The van der Waals surface area contributed by atoms with E-state index >= 15 is 0 Å². The number of benzene rings is 1. The average molecular weight is 349 g/mol. The Morgan fingerprint density at radius 2 is 1.92 bits per heavy atom. The van der Waals surface area contributed by atoms with Crippen molar-refractivity contribution in [3.8, 4) is 0 Å². The van der Waals surface area contributed by atoms with Crippen molar-refractivity contribution in [1.82, 2.24) is 4.90 Å². The number of piperidine rings is 1. The van der Waals surface area contributed by atoms with Crippen LogP contribution in [0.2, 0.25) is 0 Å². The van der Waals surface area contributed by atoms with Crippen molar-refractivity contribution in [2.45, 2.75) is 30.6 Å². The third-order valence-corrected chi connectivity index (χ3v) is 5.20. The molecule has 1 aliphatic carbocycles. The number of carbonyl (C=O) groups excluding carboxylic acids is 1. The van der Waals surface area contributed by atoms with E-state index in [1.165, 1.54) is 18.2 Å². The van der Waals surface area contributed by atoms with Gasteiger partial charge in [0, 0.05) is 30.3 Å². The third-order valence-electron chi connectivity index (χ3n) is 4.61. The number of carboxylic acids is 1. The van der Waals surface area contributed by atoms with Gasteiger partial charge in [-0.05, 0) is 42.5 Å². The smallest absolute Gasteiger partial charge is 0.328 e. The summed E-state index contributed by atoms with van der Waals surface area (Å²) in [6.07, 6.45) is 3.67. The lowest BCUT2D eigenvalue weighted by atomic mass is 9.94. The van der Waals surface area contributed by atoms with Gasteiger partial charge in [-0.25, -0.2) is 9.18 Å². The zero-order chi connectivity index (χ0) is 17.3. The zero-order valence-electron chi connectivity index (χ0n) is 13.2. The summed E-state index contributed by atoms with van der Waals surface area (Å²) in [5.41, 5.74) is 1.47. The van der Waals surface area contributed by atoms with Crippen molar-refractivity contribution in [3.63, 3.8) is 0 Å². The van der Waals surface area contributed by atoms with Gasteiger partial charge in [0.25, 0.3) is 0 Å². The third kappa shape index (κ3) is 3.87. The Balaban J connectivity index is 1.89. The normalized spacial score (nSPS) is 24.8. The van der Waals surface area contributed by atoms with Crippen LogP contribution in [0.3, 0.4) is 0 Å². The van der Waals surface area contributed by atoms with Crippen molar-refractivity contribution in [1.29, 1.82) is 0 Å². The predicted octanol–water partition coefficient (Wildman–Crippen LogP) is 2.86. The second-order valence-corrected chi connectivity index (χ2v) is 7.09. The molecule has 0 spiro atoms. The van der Waals surface area contributed by atoms with Crippen molar-refractivity contribution in [2.75, 3.05) is 13.1 Å². The molecule has 1 heterocycles. The number of halogens is 1. The quantitative estimate of drug-likeness (QED) is 0.634. The van der Waals surface area contributed by atoms with E-state index in [0.717, 1.165) is 18.4 Å². The molecule has 24 heavy (non-hydrogen) atoms. The fourth-order valence-electron chi connectivity index (χ4n) is 3.20. The molecule has 128 valence electrons. The number of hydrogen-bond acceptors (Lipinski definition) is 4. The Kier molecular flexibility index (Phi) is 5.06. The number of nitrogens with zero attached hydrogens (tertiary/aromatic N) is 1. The first-order valence-corrected chi connectivity index (χ1v) is 8.62. The summed E-state index contributed by atoms with van der Waals surface area (Å²) in [5, 5.41) is 8.92. The maximum absolute atomic E-state index is 13.2. The SMILES string of the molecule is O=C(O)/C=C1/CN([C@H](C(=O)C2CC2)c2ccc(F)cc2)CC[C@H]1S. The van der Waals surface area contributed by atoms with Crippen LogP contribution in [-0.2, 0) is 9.59 Å². The fourth-order valence-corrected chi connectivity index (χ4v) is 3.48. The van der Waals surface area contributed by atoms with Gasteiger partial charge in [-0.2, -0.15) is 12.6 Å². The number of ketones is 1. The molecule has 4 nitrogen and oxygen atoms in total. The number of carboxylic acid groups (broad SMARTS) is 1. The molecular weight excluding hydrogens is 329 g/mol. The molecule has 0 unspecified atom stereocenters. The van der Waals surface area contributed by atoms with Gasteiger partial charge in [-0.3, -0.25) is 9.69 Å². The minimum Gasteiger partial charge on any atom is -0.478 e. The van der Waals surface area contributed by atoms with Gasteiger partial charge in [0.1, 0.15) is 5.82 Å². The predicted molar refractivity (Wildman–Crippen MR) is 91.6 cm³/mol. The van der Waals surface area contributed by atoms with Crippen LogP contribution in [0.4, 0.5) is 4.39 Å². The first-order valence-electron chi connectivity index (χ1n) is 8.10. The zero-order valence-corrected chi connectivity index (χ0v) is 14.1. The standard InChI is InChI=1S/C18H20FNO3S/c19-14-5-3-11(4-6-14)17(18(23)12-1-2-12)20-8-7-15(24)13(10-20)9-16(21)22/h3-6,9,12,15,17,24H,1-2,7-8,10H2,(H,21,22)/b13-9-/t15-,17+/m1/s1. The molecule has 6 heteroatoms. The van der Waals surface area contributed by atoms with E-state index in [0.29, 0.717) is 25.1 Å². The number of rotatable bonds is 5. The Hall–Kier alpha value is -1.66. The monoisotopic (exact) mass is 349 g/mol. The number of likely N-dealkylation sites (tertiary alicyclic amines) is 1. The first-order chi connectivity index (χ1) is 11.5. The lowest BCUT2D eigenvalue weighted by Crippen LogP contribution is -2.42. The highest BCUT2D eigenvalue weighted by Crippen LogP contribution is 2.38. The molecule has 0 amide bonds. The molecule has 3 rings (SSSR count). The Morgan fingerprint density at radius 1 is 1.25 bits per heavy atom. The number of Topliss-reactive ketones (excluding diaryl/α,β-unsaturated/α-hetero) is 1. The fraction of sp³-hybridized carbons (Fsp3) is 0.444. The van der Waals surface area contributed by atoms with Gasteiger partial charge >= 0.3 is 5.97 Å². The van der Waals surface area contributed by atoms with Crippen molar-refractivity contribution >= 4 is 24.4 Å². The van der Waals surface area contributed by atoms with Crippen LogP contribution in [0.5, 0.6) is 0 Å². The summed E-state index contributed by atoms with van der Waals surface area (Å²) in [7, 11) is 0. The number of aliphatic carboxylic acids is 1. The molecule has 1 aromatic rings. The van der Waals surface area contributed by atoms with E-state index in [-0.39, 0.29) is 22.8 Å². The second kappa shape index (κ2) is 7.07. The summed E-state index contributed by atoms with van der Waals surface area (Å²) < 4.78 is 13.2. The van der Waals surface area contributed by atoms with Gasteiger partial charge in [0.15, 0.2) is 5.78 Å². The van der Waals surface area contributed by atoms with Gasteiger partial charge in [-0.15, -0.1) is 0 Å². The van der Waals surface area contributed by atoms with E-state index in [9.17, 15) is 14.0 Å². The van der Waals surface area contributed by atoms with Crippen LogP contribution >= 0.6 is 12.6 Å². The van der Waals surface area contributed by atoms with Gasteiger partial charge in [0.05, 0.1) is 6.04 Å². The van der Waals surface area contributed by atoms with Crippen LogP contribution in [0, 0.1) is 11.7 Å². The molecule has 0 bridgehead atoms. The molecular formula is C18H20FNO3S. The Labute approximate surface area is 145 Å². The Morgan fingerprint density at radius 3 is 2.50 bits per heavy atom. The topological polar surface area (TPSA) is 57.6 Å². The number of hydrogen-bond donors (Lipinski definition) is 2. The van der Waals surface area contributed by atoms with Crippen LogP contribution < -0.4 is 0 Å².